The summed E-state index contributed by atoms with van der Waals surface area (Å²) in [6, 6.07) is 1.96. The van der Waals surface area contributed by atoms with Gasteiger partial charge in [0.15, 0.2) is 0 Å². The fourth-order valence-corrected chi connectivity index (χ4v) is 1.10. The molecule has 0 amide bonds. The van der Waals surface area contributed by atoms with E-state index in [9.17, 15) is 13.2 Å². The van der Waals surface area contributed by atoms with Crippen LogP contribution in [0.2, 0.25) is 0 Å². The molecule has 7 heteroatoms. The summed E-state index contributed by atoms with van der Waals surface area (Å²) in [5.74, 6) is -2.76. The van der Waals surface area contributed by atoms with E-state index < -0.39 is 12.1 Å². The molecule has 0 saturated heterocycles. The number of carboxylic acid groups (broad SMARTS) is 1. The molecule has 1 aromatic heterocycles. The number of alkyl halides is 3. The zero-order chi connectivity index (χ0) is 11.4. The van der Waals surface area contributed by atoms with Crippen LogP contribution in [0.3, 0.4) is 0 Å². The summed E-state index contributed by atoms with van der Waals surface area (Å²) in [5.41, 5.74) is 6.65. The van der Waals surface area contributed by atoms with Gasteiger partial charge < -0.3 is 10.8 Å². The number of carbonyl (C=O) groups is 1. The first-order chi connectivity index (χ1) is 6.23. The van der Waals surface area contributed by atoms with Crippen LogP contribution in [0, 0.1) is 6.92 Å². The second kappa shape index (κ2) is 4.85. The van der Waals surface area contributed by atoms with Gasteiger partial charge in [0.05, 0.1) is 5.00 Å². The predicted molar refractivity (Wildman–Crippen MR) is 47.2 cm³/mol. The Morgan fingerprint density at radius 1 is 1.57 bits per heavy atom. The van der Waals surface area contributed by atoms with Gasteiger partial charge in [0, 0.05) is 0 Å². The number of nitrogen functional groups attached to an aromatic ring is 1. The van der Waals surface area contributed by atoms with Crippen molar-refractivity contribution in [1.82, 2.24) is 0 Å². The number of thiophene rings is 1. The van der Waals surface area contributed by atoms with Crippen molar-refractivity contribution in [3.8, 4) is 0 Å². The van der Waals surface area contributed by atoms with E-state index in [-0.39, 0.29) is 0 Å². The molecule has 0 aliphatic carbocycles. The molecule has 0 bridgehead atoms. The van der Waals surface area contributed by atoms with Crippen LogP contribution in [0.1, 0.15) is 5.56 Å². The summed E-state index contributed by atoms with van der Waals surface area (Å²) in [6.45, 7) is 2.03. The van der Waals surface area contributed by atoms with Crippen molar-refractivity contribution in [3.63, 3.8) is 0 Å². The van der Waals surface area contributed by atoms with Gasteiger partial charge in [0.2, 0.25) is 0 Å². The molecule has 0 fully saturated rings. The van der Waals surface area contributed by atoms with E-state index in [2.05, 4.69) is 0 Å². The van der Waals surface area contributed by atoms with Gasteiger partial charge in [0.25, 0.3) is 0 Å². The van der Waals surface area contributed by atoms with Crippen LogP contribution in [0.5, 0.6) is 0 Å². The largest absolute Gasteiger partial charge is 0.490 e. The Morgan fingerprint density at radius 3 is 2.07 bits per heavy atom. The van der Waals surface area contributed by atoms with Gasteiger partial charge in [-0.25, -0.2) is 4.79 Å². The van der Waals surface area contributed by atoms with Gasteiger partial charge in [0.1, 0.15) is 0 Å². The van der Waals surface area contributed by atoms with Crippen molar-refractivity contribution in [1.29, 1.82) is 0 Å². The molecular weight excluding hydrogens is 219 g/mol. The maximum atomic E-state index is 10.6. The molecule has 80 valence electrons. The Bertz CT molecular complexity index is 292. The van der Waals surface area contributed by atoms with Gasteiger partial charge in [-0.1, -0.05) is 0 Å². The number of nitrogens with two attached hydrogens (primary N) is 1. The summed E-state index contributed by atoms with van der Waals surface area (Å²) in [7, 11) is 0. The molecule has 0 aliphatic rings. The third-order valence-electron chi connectivity index (χ3n) is 0.993. The Balaban J connectivity index is 0.000000241. The van der Waals surface area contributed by atoms with Crippen molar-refractivity contribution in [2.45, 2.75) is 13.1 Å². The van der Waals surface area contributed by atoms with Crippen molar-refractivity contribution in [3.05, 3.63) is 17.0 Å². The summed E-state index contributed by atoms with van der Waals surface area (Å²) >= 11 is 1.58. The van der Waals surface area contributed by atoms with E-state index in [1.54, 1.807) is 11.3 Å². The van der Waals surface area contributed by atoms with Crippen LogP contribution >= 0.6 is 11.3 Å². The summed E-state index contributed by atoms with van der Waals surface area (Å²) in [5, 5.41) is 10.1. The van der Waals surface area contributed by atoms with Gasteiger partial charge >= 0.3 is 12.1 Å². The second-order valence-electron chi connectivity index (χ2n) is 2.33. The first-order valence-electron chi connectivity index (χ1n) is 3.34. The van der Waals surface area contributed by atoms with E-state index in [1.165, 1.54) is 5.56 Å². The lowest BCUT2D eigenvalue weighted by Crippen LogP contribution is -2.21. The quantitative estimate of drug-likeness (QED) is 0.714. The van der Waals surface area contributed by atoms with Gasteiger partial charge in [-0.3, -0.25) is 0 Å². The molecule has 14 heavy (non-hydrogen) atoms. The fourth-order valence-electron chi connectivity index (χ4n) is 0.453. The van der Waals surface area contributed by atoms with Crippen LogP contribution in [-0.4, -0.2) is 17.3 Å². The zero-order valence-corrected chi connectivity index (χ0v) is 7.95. The minimum atomic E-state index is -5.08. The molecule has 0 spiro atoms. The molecule has 0 radical (unpaired) electrons. The number of halogens is 3. The van der Waals surface area contributed by atoms with Gasteiger partial charge in [-0.2, -0.15) is 13.2 Å². The lowest BCUT2D eigenvalue weighted by molar-refractivity contribution is -0.192. The normalized spacial score (nSPS) is 10.3. The van der Waals surface area contributed by atoms with Crippen molar-refractivity contribution >= 4 is 22.3 Å². The molecule has 0 aliphatic heterocycles. The van der Waals surface area contributed by atoms with E-state index in [4.69, 9.17) is 15.6 Å². The van der Waals surface area contributed by atoms with Crippen molar-refractivity contribution < 1.29 is 23.1 Å². The predicted octanol–water partition coefficient (Wildman–Crippen LogP) is 2.27. The number of anilines is 1. The highest BCUT2D eigenvalue weighted by atomic mass is 32.1. The standard InChI is InChI=1S/C5H7NS.C2HF3O2/c1-4-2-5(6)7-3-4;3-2(4,5)1(6)7/h2-3H,6H2,1H3;(H,6,7). The monoisotopic (exact) mass is 227 g/mol. The molecule has 0 aromatic carbocycles. The van der Waals surface area contributed by atoms with Crippen LogP contribution in [0.25, 0.3) is 0 Å². The highest BCUT2D eigenvalue weighted by Gasteiger charge is 2.38. The van der Waals surface area contributed by atoms with Crippen molar-refractivity contribution in [2.75, 3.05) is 5.73 Å². The van der Waals surface area contributed by atoms with Crippen molar-refractivity contribution in [2.24, 2.45) is 0 Å². The fraction of sp³-hybridized carbons (Fsp3) is 0.286. The number of aliphatic carboxylic acids is 1. The number of hydrogen-bond donors (Lipinski definition) is 2. The Labute approximate surface area is 82.0 Å². The molecule has 3 nitrogen and oxygen atoms in total. The average molecular weight is 227 g/mol. The van der Waals surface area contributed by atoms with E-state index in [0.717, 1.165) is 5.00 Å². The first-order valence-corrected chi connectivity index (χ1v) is 4.22. The van der Waals surface area contributed by atoms with Gasteiger partial charge in [-0.15, -0.1) is 11.3 Å². The Kier molecular flexibility index (Phi) is 4.42. The van der Waals surface area contributed by atoms with E-state index in [1.807, 2.05) is 18.4 Å². The highest BCUT2D eigenvalue weighted by molar-refractivity contribution is 7.14. The van der Waals surface area contributed by atoms with E-state index >= 15 is 0 Å². The van der Waals surface area contributed by atoms with Crippen LogP contribution in [0.4, 0.5) is 18.2 Å². The molecule has 1 rings (SSSR count). The second-order valence-corrected chi connectivity index (χ2v) is 3.27. The third kappa shape index (κ3) is 5.41. The lowest BCUT2D eigenvalue weighted by atomic mass is 10.4. The third-order valence-corrected chi connectivity index (χ3v) is 1.87. The van der Waals surface area contributed by atoms with E-state index in [0.29, 0.717) is 0 Å². The zero-order valence-electron chi connectivity index (χ0n) is 7.13. The molecule has 1 aromatic rings. The molecular formula is C7H8F3NO2S. The smallest absolute Gasteiger partial charge is 0.475 e. The summed E-state index contributed by atoms with van der Waals surface area (Å²) in [4.78, 5) is 8.90. The minimum Gasteiger partial charge on any atom is -0.475 e. The topological polar surface area (TPSA) is 63.3 Å². The Hall–Kier alpha value is -1.24. The molecule has 1 heterocycles. The number of rotatable bonds is 0. The SMILES string of the molecule is Cc1csc(N)c1.O=C(O)C(F)(F)F. The molecule has 3 N–H and O–H groups in total. The summed E-state index contributed by atoms with van der Waals surface area (Å²) < 4.78 is 31.7. The average Bonchev–Trinajstić information content (AvgIpc) is 2.33. The number of aryl methyl sites for hydroxylation is 1. The number of carboxylic acids is 1. The maximum Gasteiger partial charge on any atom is 0.490 e. The Morgan fingerprint density at radius 2 is 2.00 bits per heavy atom. The molecule has 0 saturated carbocycles. The molecule has 0 atom stereocenters. The van der Waals surface area contributed by atoms with Crippen LogP contribution < -0.4 is 5.73 Å². The summed E-state index contributed by atoms with van der Waals surface area (Å²) in [6.07, 6.45) is -5.08. The number of hydrogen-bond acceptors (Lipinski definition) is 3. The first kappa shape index (κ1) is 12.8. The minimum absolute atomic E-state index is 0.900. The highest BCUT2D eigenvalue weighted by Crippen LogP contribution is 2.14. The van der Waals surface area contributed by atoms with Crippen LogP contribution in [0.15, 0.2) is 11.4 Å². The van der Waals surface area contributed by atoms with Gasteiger partial charge in [-0.05, 0) is 23.9 Å². The molecule has 0 unspecified atom stereocenters. The van der Waals surface area contributed by atoms with Crippen LogP contribution in [-0.2, 0) is 4.79 Å². The lowest BCUT2D eigenvalue weighted by Gasteiger charge is -1.93. The maximum absolute atomic E-state index is 10.6.